The molecule has 2 amide bonds. The summed E-state index contributed by atoms with van der Waals surface area (Å²) in [6.45, 7) is 2.78. The van der Waals surface area contributed by atoms with Gasteiger partial charge in [0.25, 0.3) is 11.8 Å². The maximum absolute atomic E-state index is 12.7. The molecule has 0 aromatic heterocycles. The molecule has 0 unspecified atom stereocenters. The summed E-state index contributed by atoms with van der Waals surface area (Å²) in [4.78, 5) is 25.1. The van der Waals surface area contributed by atoms with Gasteiger partial charge >= 0.3 is 0 Å². The summed E-state index contributed by atoms with van der Waals surface area (Å²) in [6, 6.07) is 19.5. The molecule has 0 saturated carbocycles. The lowest BCUT2D eigenvalue weighted by atomic mass is 10.1. The van der Waals surface area contributed by atoms with Crippen molar-refractivity contribution in [3.63, 3.8) is 0 Å². The van der Waals surface area contributed by atoms with E-state index in [1.165, 1.54) is 0 Å². The first-order valence-corrected chi connectivity index (χ1v) is 10.5. The van der Waals surface area contributed by atoms with Gasteiger partial charge in [0.05, 0.1) is 12.3 Å². The number of para-hydroxylation sites is 1. The lowest BCUT2D eigenvalue weighted by molar-refractivity contribution is -0.115. The Bertz CT molecular complexity index is 1210. The van der Waals surface area contributed by atoms with Gasteiger partial charge in [0.2, 0.25) is 0 Å². The second-order valence-corrected chi connectivity index (χ2v) is 7.49. The van der Waals surface area contributed by atoms with Crippen LogP contribution in [0.4, 0.5) is 5.69 Å². The Hall–Kier alpha value is -3.77. The maximum Gasteiger partial charge on any atom is 0.291 e. The van der Waals surface area contributed by atoms with Gasteiger partial charge in [0.15, 0.2) is 11.5 Å². The molecule has 2 N–H and O–H groups in total. The topological polar surface area (TPSA) is 76.7 Å². The number of hydrogen-bond donors (Lipinski definition) is 2. The number of amides is 2. The molecule has 0 bridgehead atoms. The highest BCUT2D eigenvalue weighted by molar-refractivity contribution is 6.30. The van der Waals surface area contributed by atoms with Crippen molar-refractivity contribution >= 4 is 35.2 Å². The smallest absolute Gasteiger partial charge is 0.291 e. The van der Waals surface area contributed by atoms with Crippen LogP contribution in [0.3, 0.4) is 0 Å². The SMILES string of the molecule is CCOc1ccccc1CNC(=O)c1ccc2c(c1)NC(=O)/C(=C/c1cccc(Cl)c1)O2. The molecule has 1 aliphatic rings. The minimum absolute atomic E-state index is 0.143. The second-order valence-electron chi connectivity index (χ2n) is 7.05. The molecule has 1 heterocycles. The molecule has 4 rings (SSSR count). The zero-order valence-electron chi connectivity index (χ0n) is 17.4. The summed E-state index contributed by atoms with van der Waals surface area (Å²) in [5.41, 5.74) is 2.46. The number of halogens is 1. The molecule has 0 fully saturated rings. The fourth-order valence-electron chi connectivity index (χ4n) is 3.27. The number of nitrogens with one attached hydrogen (secondary N) is 2. The Kier molecular flexibility index (Phi) is 6.42. The minimum atomic E-state index is -0.402. The van der Waals surface area contributed by atoms with Crippen LogP contribution in [0.1, 0.15) is 28.4 Å². The van der Waals surface area contributed by atoms with Crippen molar-refractivity contribution in [2.24, 2.45) is 0 Å². The number of rotatable bonds is 6. The van der Waals surface area contributed by atoms with Crippen molar-refractivity contribution in [1.82, 2.24) is 5.32 Å². The third-order valence-corrected chi connectivity index (χ3v) is 5.03. The molecular weight excluding hydrogens is 428 g/mol. The van der Waals surface area contributed by atoms with Gasteiger partial charge in [-0.25, -0.2) is 0 Å². The Morgan fingerprint density at radius 3 is 2.78 bits per heavy atom. The fraction of sp³-hybridized carbons (Fsp3) is 0.120. The molecule has 3 aromatic rings. The van der Waals surface area contributed by atoms with Crippen LogP contribution in [0, 0.1) is 0 Å². The predicted octanol–water partition coefficient (Wildman–Crippen LogP) is 5.04. The van der Waals surface area contributed by atoms with Gasteiger partial charge < -0.3 is 20.1 Å². The number of fused-ring (bicyclic) bond motifs is 1. The van der Waals surface area contributed by atoms with E-state index >= 15 is 0 Å². The Morgan fingerprint density at radius 1 is 1.12 bits per heavy atom. The lowest BCUT2D eigenvalue weighted by Crippen LogP contribution is -2.26. The van der Waals surface area contributed by atoms with Gasteiger partial charge in [-0.1, -0.05) is 41.9 Å². The monoisotopic (exact) mass is 448 g/mol. The van der Waals surface area contributed by atoms with Gasteiger partial charge in [0.1, 0.15) is 5.75 Å². The number of carbonyl (C=O) groups excluding carboxylic acids is 2. The van der Waals surface area contributed by atoms with E-state index in [0.29, 0.717) is 35.2 Å². The van der Waals surface area contributed by atoms with Crippen LogP contribution in [-0.2, 0) is 11.3 Å². The molecule has 1 aliphatic heterocycles. The summed E-state index contributed by atoms with van der Waals surface area (Å²) >= 11 is 6.00. The van der Waals surface area contributed by atoms with Gasteiger partial charge in [-0.05, 0) is 55.0 Å². The molecule has 0 aliphatic carbocycles. The summed E-state index contributed by atoms with van der Waals surface area (Å²) < 4.78 is 11.3. The number of anilines is 1. The van der Waals surface area contributed by atoms with Crippen molar-refractivity contribution in [3.05, 3.63) is 94.2 Å². The van der Waals surface area contributed by atoms with Crippen molar-refractivity contribution < 1.29 is 19.1 Å². The number of hydrogen-bond acceptors (Lipinski definition) is 4. The van der Waals surface area contributed by atoms with Crippen LogP contribution < -0.4 is 20.1 Å². The third kappa shape index (κ3) is 4.92. The van der Waals surface area contributed by atoms with Crippen molar-refractivity contribution in [2.75, 3.05) is 11.9 Å². The summed E-state index contributed by atoms with van der Waals surface area (Å²) in [7, 11) is 0. The molecule has 3 aromatic carbocycles. The highest BCUT2D eigenvalue weighted by Gasteiger charge is 2.23. The molecule has 0 saturated heterocycles. The van der Waals surface area contributed by atoms with E-state index in [0.717, 1.165) is 16.9 Å². The minimum Gasteiger partial charge on any atom is -0.494 e. The molecule has 0 spiro atoms. The quantitative estimate of drug-likeness (QED) is 0.518. The molecular formula is C25H21ClN2O4. The van der Waals surface area contributed by atoms with Crippen LogP contribution in [0.25, 0.3) is 6.08 Å². The molecule has 0 radical (unpaired) electrons. The van der Waals surface area contributed by atoms with E-state index in [4.69, 9.17) is 21.1 Å². The van der Waals surface area contributed by atoms with Crippen molar-refractivity contribution in [2.45, 2.75) is 13.5 Å². The average molecular weight is 449 g/mol. The van der Waals surface area contributed by atoms with Gasteiger partial charge in [-0.2, -0.15) is 0 Å². The van der Waals surface area contributed by atoms with Crippen LogP contribution in [0.5, 0.6) is 11.5 Å². The lowest BCUT2D eigenvalue weighted by Gasteiger charge is -2.20. The first-order valence-electron chi connectivity index (χ1n) is 10.1. The fourth-order valence-corrected chi connectivity index (χ4v) is 3.47. The van der Waals surface area contributed by atoms with Crippen molar-refractivity contribution in [3.8, 4) is 11.5 Å². The first-order chi connectivity index (χ1) is 15.5. The highest BCUT2D eigenvalue weighted by atomic mass is 35.5. The summed E-state index contributed by atoms with van der Waals surface area (Å²) in [5, 5.41) is 6.22. The van der Waals surface area contributed by atoms with E-state index in [-0.39, 0.29) is 11.7 Å². The molecule has 6 nitrogen and oxygen atoms in total. The third-order valence-electron chi connectivity index (χ3n) is 4.79. The Morgan fingerprint density at radius 2 is 1.97 bits per heavy atom. The zero-order valence-corrected chi connectivity index (χ0v) is 18.1. The molecule has 32 heavy (non-hydrogen) atoms. The Balaban J connectivity index is 1.47. The van der Waals surface area contributed by atoms with Gasteiger partial charge in [-0.15, -0.1) is 0 Å². The van der Waals surface area contributed by atoms with Crippen LogP contribution >= 0.6 is 11.6 Å². The normalized spacial score (nSPS) is 13.7. The van der Waals surface area contributed by atoms with Crippen LogP contribution in [0.2, 0.25) is 5.02 Å². The number of carbonyl (C=O) groups is 2. The zero-order chi connectivity index (χ0) is 22.5. The molecule has 0 atom stereocenters. The molecule has 7 heteroatoms. The van der Waals surface area contributed by atoms with Crippen molar-refractivity contribution in [1.29, 1.82) is 0 Å². The van der Waals surface area contributed by atoms with E-state index in [2.05, 4.69) is 10.6 Å². The highest BCUT2D eigenvalue weighted by Crippen LogP contribution is 2.32. The standard InChI is InChI=1S/C25H21ClN2O4/c1-2-31-21-9-4-3-7-18(21)15-27-24(29)17-10-11-22-20(14-17)28-25(30)23(32-22)13-16-6-5-8-19(26)12-16/h3-14H,2,15H2,1H3,(H,27,29)(H,28,30)/b23-13-. The van der Waals surface area contributed by atoms with E-state index in [9.17, 15) is 9.59 Å². The predicted molar refractivity (Wildman–Crippen MR) is 124 cm³/mol. The summed E-state index contributed by atoms with van der Waals surface area (Å²) in [5.74, 6) is 0.662. The van der Waals surface area contributed by atoms with Gasteiger partial charge in [-0.3, -0.25) is 9.59 Å². The van der Waals surface area contributed by atoms with Crippen LogP contribution in [-0.4, -0.2) is 18.4 Å². The van der Waals surface area contributed by atoms with E-state index < -0.39 is 5.91 Å². The molecule has 162 valence electrons. The first kappa shape index (κ1) is 21.5. The Labute approximate surface area is 190 Å². The van der Waals surface area contributed by atoms with Gasteiger partial charge in [0, 0.05) is 22.7 Å². The average Bonchev–Trinajstić information content (AvgIpc) is 2.79. The number of benzene rings is 3. The van der Waals surface area contributed by atoms with E-state index in [1.54, 1.807) is 42.5 Å². The van der Waals surface area contributed by atoms with Crippen LogP contribution in [0.15, 0.2) is 72.5 Å². The second kappa shape index (κ2) is 9.58. The summed E-state index contributed by atoms with van der Waals surface area (Å²) in [6.07, 6.45) is 1.61. The maximum atomic E-state index is 12.7. The van der Waals surface area contributed by atoms with E-state index in [1.807, 2.05) is 37.3 Å². The number of ether oxygens (including phenoxy) is 2. The largest absolute Gasteiger partial charge is 0.494 e.